The molecule has 0 radical (unpaired) electrons. The van der Waals surface area contributed by atoms with E-state index in [0.29, 0.717) is 28.3 Å². The number of carbonyl (C=O) groups is 1. The molecule has 0 aliphatic rings. The highest BCUT2D eigenvalue weighted by Crippen LogP contribution is 2.33. The predicted molar refractivity (Wildman–Crippen MR) is 112 cm³/mol. The van der Waals surface area contributed by atoms with Crippen LogP contribution in [0.15, 0.2) is 59.0 Å². The van der Waals surface area contributed by atoms with Gasteiger partial charge >= 0.3 is 5.97 Å². The van der Waals surface area contributed by atoms with E-state index in [9.17, 15) is 9.90 Å². The molecule has 0 aliphatic heterocycles. The molecule has 4 aromatic rings. The Hall–Kier alpha value is -3.12. The number of aliphatic carboxylic acids is 1. The Balaban J connectivity index is 0.00000225. The van der Waals surface area contributed by atoms with Crippen LogP contribution < -0.4 is 5.32 Å². The molecule has 4 rings (SSSR count). The number of carboxylic acids is 1. The predicted octanol–water partition coefficient (Wildman–Crippen LogP) is 4.99. The summed E-state index contributed by atoms with van der Waals surface area (Å²) in [6.45, 7) is 3.70. The lowest BCUT2D eigenvalue weighted by Crippen LogP contribution is -2.34. The van der Waals surface area contributed by atoms with Gasteiger partial charge in [0.2, 0.25) is 0 Å². The number of hydrogen-bond acceptors (Lipinski definition) is 5. The summed E-state index contributed by atoms with van der Waals surface area (Å²) >= 11 is 0. The lowest BCUT2D eigenvalue weighted by Gasteiger charge is -2.18. The van der Waals surface area contributed by atoms with E-state index < -0.39 is 12.0 Å². The molecule has 6 nitrogen and oxygen atoms in total. The van der Waals surface area contributed by atoms with Crippen molar-refractivity contribution in [1.29, 1.82) is 0 Å². The number of nitrogens with zero attached hydrogens (tertiary/aromatic N) is 2. The number of furan rings is 1. The van der Waals surface area contributed by atoms with Crippen molar-refractivity contribution in [3.63, 3.8) is 0 Å². The van der Waals surface area contributed by atoms with Gasteiger partial charge in [0.1, 0.15) is 17.1 Å². The maximum atomic E-state index is 11.7. The molecule has 0 spiro atoms. The molecule has 2 heterocycles. The number of aromatic nitrogens is 2. The van der Waals surface area contributed by atoms with Gasteiger partial charge in [0, 0.05) is 10.9 Å². The summed E-state index contributed by atoms with van der Waals surface area (Å²) in [5, 5.41) is 13.5. The average molecular weight is 398 g/mol. The normalized spacial score (nSPS) is 12.1. The van der Waals surface area contributed by atoms with Gasteiger partial charge in [-0.25, -0.2) is 14.8 Å². The van der Waals surface area contributed by atoms with E-state index in [4.69, 9.17) is 9.40 Å². The van der Waals surface area contributed by atoms with E-state index in [1.54, 1.807) is 0 Å². The van der Waals surface area contributed by atoms with Gasteiger partial charge in [-0.2, -0.15) is 0 Å². The van der Waals surface area contributed by atoms with Crippen LogP contribution in [-0.4, -0.2) is 27.1 Å². The van der Waals surface area contributed by atoms with E-state index >= 15 is 0 Å². The monoisotopic (exact) mass is 397 g/mol. The Morgan fingerprint density at radius 1 is 1.04 bits per heavy atom. The van der Waals surface area contributed by atoms with Crippen LogP contribution in [0.25, 0.3) is 33.5 Å². The molecule has 2 N–H and O–H groups in total. The molecule has 28 heavy (non-hydrogen) atoms. The largest absolute Gasteiger partial charge is 0.480 e. The topological polar surface area (TPSA) is 88.3 Å². The molecular formula is C21H20ClN3O3. The molecule has 0 saturated heterocycles. The van der Waals surface area contributed by atoms with E-state index in [-0.39, 0.29) is 18.3 Å². The van der Waals surface area contributed by atoms with Gasteiger partial charge in [-0.15, -0.1) is 12.4 Å². The van der Waals surface area contributed by atoms with Crippen molar-refractivity contribution >= 4 is 46.3 Å². The van der Waals surface area contributed by atoms with Gasteiger partial charge in [-0.3, -0.25) is 0 Å². The first kappa shape index (κ1) is 19.6. The van der Waals surface area contributed by atoms with Crippen molar-refractivity contribution in [1.82, 2.24) is 9.97 Å². The molecule has 0 aliphatic carbocycles. The number of anilines is 1. The lowest BCUT2D eigenvalue weighted by atomic mass is 10.0. The van der Waals surface area contributed by atoms with Crippen LogP contribution >= 0.6 is 12.4 Å². The molecular weight excluding hydrogens is 378 g/mol. The minimum absolute atomic E-state index is 0. The first-order valence-corrected chi connectivity index (χ1v) is 8.78. The fourth-order valence-corrected chi connectivity index (χ4v) is 3.07. The second kappa shape index (κ2) is 7.86. The highest BCUT2D eigenvalue weighted by molar-refractivity contribution is 6.06. The van der Waals surface area contributed by atoms with Crippen LogP contribution in [0.1, 0.15) is 13.8 Å². The van der Waals surface area contributed by atoms with Gasteiger partial charge in [0.25, 0.3) is 0 Å². The van der Waals surface area contributed by atoms with Crippen molar-refractivity contribution in [2.24, 2.45) is 5.92 Å². The van der Waals surface area contributed by atoms with Crippen LogP contribution in [0, 0.1) is 5.92 Å². The number of nitrogens with one attached hydrogen (secondary N) is 1. The molecule has 7 heteroatoms. The summed E-state index contributed by atoms with van der Waals surface area (Å²) in [6.07, 6.45) is 0. The Bertz CT molecular complexity index is 1130. The number of halogens is 1. The number of rotatable bonds is 5. The minimum atomic E-state index is -0.936. The fourth-order valence-electron chi connectivity index (χ4n) is 3.07. The van der Waals surface area contributed by atoms with Gasteiger partial charge in [-0.05, 0) is 18.1 Å². The highest BCUT2D eigenvalue weighted by Gasteiger charge is 2.25. The SMILES string of the molecule is CC(C)C(Nc1nc(-c2ccccc2)nc2c1oc1ccccc12)C(=O)O.Cl. The molecule has 0 fully saturated rings. The molecule has 0 bridgehead atoms. The zero-order chi connectivity index (χ0) is 19.0. The maximum Gasteiger partial charge on any atom is 0.326 e. The maximum absolute atomic E-state index is 11.7. The molecule has 2 aromatic heterocycles. The number of benzene rings is 2. The van der Waals surface area contributed by atoms with Crippen LogP contribution in [0.3, 0.4) is 0 Å². The van der Waals surface area contributed by atoms with E-state index in [1.807, 2.05) is 68.4 Å². The van der Waals surface area contributed by atoms with Crippen LogP contribution in [0.2, 0.25) is 0 Å². The van der Waals surface area contributed by atoms with Gasteiger partial charge in [-0.1, -0.05) is 56.3 Å². The average Bonchev–Trinajstić information content (AvgIpc) is 3.05. The summed E-state index contributed by atoms with van der Waals surface area (Å²) in [6, 6.07) is 16.4. The van der Waals surface area contributed by atoms with Crippen molar-refractivity contribution in [2.45, 2.75) is 19.9 Å². The highest BCUT2D eigenvalue weighted by atomic mass is 35.5. The van der Waals surface area contributed by atoms with Crippen molar-refractivity contribution in [3.8, 4) is 11.4 Å². The Kier molecular flexibility index (Phi) is 5.51. The van der Waals surface area contributed by atoms with Crippen molar-refractivity contribution in [2.75, 3.05) is 5.32 Å². The number of para-hydroxylation sites is 1. The first-order valence-electron chi connectivity index (χ1n) is 8.78. The van der Waals surface area contributed by atoms with E-state index in [2.05, 4.69) is 10.3 Å². The van der Waals surface area contributed by atoms with E-state index in [1.165, 1.54) is 0 Å². The van der Waals surface area contributed by atoms with Gasteiger partial charge < -0.3 is 14.8 Å². The fraction of sp³-hybridized carbons (Fsp3) is 0.190. The third-order valence-corrected chi connectivity index (χ3v) is 4.48. The number of hydrogen-bond donors (Lipinski definition) is 2. The van der Waals surface area contributed by atoms with Crippen LogP contribution in [0.4, 0.5) is 5.82 Å². The summed E-state index contributed by atoms with van der Waals surface area (Å²) < 4.78 is 5.95. The van der Waals surface area contributed by atoms with Crippen molar-refractivity contribution < 1.29 is 14.3 Å². The summed E-state index contributed by atoms with van der Waals surface area (Å²) in [5.74, 6) is -0.160. The van der Waals surface area contributed by atoms with E-state index in [0.717, 1.165) is 10.9 Å². The third-order valence-electron chi connectivity index (χ3n) is 4.48. The molecule has 2 aromatic carbocycles. The summed E-state index contributed by atoms with van der Waals surface area (Å²) in [4.78, 5) is 21.0. The quantitative estimate of drug-likeness (QED) is 0.493. The first-order chi connectivity index (χ1) is 13.0. The molecule has 144 valence electrons. The van der Waals surface area contributed by atoms with Crippen LogP contribution in [0.5, 0.6) is 0 Å². The lowest BCUT2D eigenvalue weighted by molar-refractivity contribution is -0.138. The number of fused-ring (bicyclic) bond motifs is 3. The van der Waals surface area contributed by atoms with Crippen molar-refractivity contribution in [3.05, 3.63) is 54.6 Å². The second-order valence-corrected chi connectivity index (χ2v) is 6.74. The molecule has 1 atom stereocenters. The Morgan fingerprint density at radius 2 is 1.71 bits per heavy atom. The zero-order valence-electron chi connectivity index (χ0n) is 15.4. The Morgan fingerprint density at radius 3 is 2.39 bits per heavy atom. The Labute approximate surface area is 168 Å². The van der Waals surface area contributed by atoms with Gasteiger partial charge in [0.15, 0.2) is 17.2 Å². The number of carboxylic acid groups (broad SMARTS) is 1. The molecule has 0 amide bonds. The summed E-state index contributed by atoms with van der Waals surface area (Å²) in [5.41, 5.74) is 2.66. The smallest absolute Gasteiger partial charge is 0.326 e. The standard InChI is InChI=1S/C21H19N3O3.ClH/c1-12(2)16(21(25)26)22-20-18-17(14-10-6-7-11-15(14)27-18)23-19(24-20)13-8-4-3-5-9-13;/h3-12,16H,1-2H3,(H,25,26)(H,22,23,24);1H. The third kappa shape index (κ3) is 3.51. The molecule has 1 unspecified atom stereocenters. The zero-order valence-corrected chi connectivity index (χ0v) is 16.2. The molecule has 0 saturated carbocycles. The second-order valence-electron chi connectivity index (χ2n) is 6.74. The minimum Gasteiger partial charge on any atom is -0.480 e. The van der Waals surface area contributed by atoms with Crippen LogP contribution in [-0.2, 0) is 4.79 Å². The summed E-state index contributed by atoms with van der Waals surface area (Å²) in [7, 11) is 0. The van der Waals surface area contributed by atoms with Gasteiger partial charge in [0.05, 0.1) is 0 Å².